The summed E-state index contributed by atoms with van der Waals surface area (Å²) >= 11 is 3.40. The number of hydrogen-bond donors (Lipinski definition) is 1. The molecule has 0 saturated carbocycles. The Hall–Kier alpha value is -1.69. The Morgan fingerprint density at radius 2 is 2.10 bits per heavy atom. The van der Waals surface area contributed by atoms with E-state index in [1.165, 1.54) is 12.4 Å². The van der Waals surface area contributed by atoms with Crippen molar-refractivity contribution in [1.82, 2.24) is 9.97 Å². The lowest BCUT2D eigenvalue weighted by atomic mass is 10.2. The summed E-state index contributed by atoms with van der Waals surface area (Å²) in [4.78, 5) is 8.17. The third kappa shape index (κ3) is 3.66. The quantitative estimate of drug-likeness (QED) is 0.869. The molecule has 0 unspecified atom stereocenters. The first-order chi connectivity index (χ1) is 9.72. The number of halogens is 2. The fraction of sp³-hybridized carbons (Fsp3) is 0.286. The monoisotopic (exact) mass is 339 g/mol. The van der Waals surface area contributed by atoms with Crippen LogP contribution in [0.2, 0.25) is 0 Å². The largest absolute Gasteiger partial charge is 0.472 e. The minimum absolute atomic E-state index is 0.121. The maximum Gasteiger partial charge on any atom is 0.233 e. The van der Waals surface area contributed by atoms with Crippen LogP contribution >= 0.6 is 15.9 Å². The molecule has 0 radical (unpaired) electrons. The van der Waals surface area contributed by atoms with Crippen molar-refractivity contribution in [3.8, 4) is 5.88 Å². The van der Waals surface area contributed by atoms with Crippen LogP contribution in [0, 0.1) is 5.82 Å². The number of nitrogens with one attached hydrogen (secondary N) is 1. The molecule has 1 aromatic carbocycles. The molecule has 0 amide bonds. The fourth-order valence-corrected chi connectivity index (χ4v) is 2.04. The Bertz CT molecular complexity index is 580. The summed E-state index contributed by atoms with van der Waals surface area (Å²) in [5, 5.41) is 3.16. The normalized spacial score (nSPS) is 10.3. The first-order valence-electron chi connectivity index (χ1n) is 6.33. The van der Waals surface area contributed by atoms with E-state index in [1.54, 1.807) is 18.2 Å². The van der Waals surface area contributed by atoms with Crippen molar-refractivity contribution in [2.45, 2.75) is 20.0 Å². The maximum atomic E-state index is 13.5. The number of ether oxygens (including phenoxy) is 1. The highest BCUT2D eigenvalue weighted by Crippen LogP contribution is 2.29. The van der Waals surface area contributed by atoms with Crippen molar-refractivity contribution in [3.63, 3.8) is 0 Å². The van der Waals surface area contributed by atoms with Gasteiger partial charge in [-0.2, -0.15) is 0 Å². The van der Waals surface area contributed by atoms with E-state index in [1.807, 2.05) is 0 Å². The topological polar surface area (TPSA) is 47.0 Å². The molecule has 2 rings (SSSR count). The van der Waals surface area contributed by atoms with Gasteiger partial charge in [-0.05, 0) is 28.4 Å². The van der Waals surface area contributed by atoms with E-state index < -0.39 is 0 Å². The molecular weight excluding hydrogens is 325 g/mol. The number of rotatable bonds is 6. The van der Waals surface area contributed by atoms with E-state index >= 15 is 0 Å². The van der Waals surface area contributed by atoms with E-state index in [9.17, 15) is 4.39 Å². The van der Waals surface area contributed by atoms with Gasteiger partial charge in [-0.3, -0.25) is 0 Å². The summed E-state index contributed by atoms with van der Waals surface area (Å²) in [7, 11) is 0. The van der Waals surface area contributed by atoms with Crippen LogP contribution in [0.5, 0.6) is 5.88 Å². The van der Waals surface area contributed by atoms with Crippen molar-refractivity contribution in [2.75, 3.05) is 11.9 Å². The lowest BCUT2D eigenvalue weighted by molar-refractivity contribution is 0.285. The molecule has 0 fully saturated rings. The highest BCUT2D eigenvalue weighted by atomic mass is 79.9. The second kappa shape index (κ2) is 7.19. The summed E-state index contributed by atoms with van der Waals surface area (Å²) in [6, 6.07) is 6.50. The minimum atomic E-state index is -0.290. The predicted octanol–water partition coefficient (Wildman–Crippen LogP) is 3.78. The van der Waals surface area contributed by atoms with E-state index in [0.29, 0.717) is 21.7 Å². The van der Waals surface area contributed by atoms with Gasteiger partial charge in [-0.25, -0.2) is 14.4 Å². The Morgan fingerprint density at radius 3 is 2.85 bits per heavy atom. The number of aromatic nitrogens is 2. The van der Waals surface area contributed by atoms with Crippen molar-refractivity contribution >= 4 is 21.7 Å². The Balaban J connectivity index is 2.08. The van der Waals surface area contributed by atoms with Crippen molar-refractivity contribution in [2.24, 2.45) is 0 Å². The van der Waals surface area contributed by atoms with Gasteiger partial charge in [0.1, 0.15) is 29.0 Å². The van der Waals surface area contributed by atoms with Crippen LogP contribution in [-0.4, -0.2) is 16.5 Å². The van der Waals surface area contributed by atoms with Gasteiger partial charge in [0.05, 0.1) is 0 Å². The van der Waals surface area contributed by atoms with Crippen LogP contribution < -0.4 is 10.1 Å². The van der Waals surface area contributed by atoms with E-state index in [0.717, 1.165) is 13.0 Å². The first-order valence-corrected chi connectivity index (χ1v) is 7.12. The molecule has 0 aliphatic rings. The molecular formula is C14H15BrFN3O. The van der Waals surface area contributed by atoms with Crippen LogP contribution in [0.15, 0.2) is 35.1 Å². The second-order valence-electron chi connectivity index (χ2n) is 4.15. The van der Waals surface area contributed by atoms with Crippen molar-refractivity contribution in [3.05, 3.63) is 46.4 Å². The average Bonchev–Trinajstić information content (AvgIpc) is 2.46. The van der Waals surface area contributed by atoms with E-state index in [-0.39, 0.29) is 12.4 Å². The lowest BCUT2D eigenvalue weighted by Gasteiger charge is -2.11. The smallest absolute Gasteiger partial charge is 0.233 e. The standard InChI is InChI=1S/C14H15BrFN3O/c1-2-7-17-13-12(15)14(19-9-18-13)20-8-10-5-3-4-6-11(10)16/h3-6,9H,2,7-8H2,1H3,(H,17,18,19). The zero-order valence-electron chi connectivity index (χ0n) is 11.1. The summed E-state index contributed by atoms with van der Waals surface area (Å²) in [5.41, 5.74) is 0.487. The number of nitrogens with zero attached hydrogens (tertiary/aromatic N) is 2. The molecule has 20 heavy (non-hydrogen) atoms. The SMILES string of the molecule is CCCNc1ncnc(OCc2ccccc2F)c1Br. The Labute approximate surface area is 125 Å². The molecule has 1 aromatic heterocycles. The van der Waals surface area contributed by atoms with Crippen molar-refractivity contribution < 1.29 is 9.13 Å². The number of anilines is 1. The van der Waals surface area contributed by atoms with Crippen LogP contribution in [0.4, 0.5) is 10.2 Å². The predicted molar refractivity (Wildman–Crippen MR) is 79.2 cm³/mol. The molecule has 0 saturated heterocycles. The van der Waals surface area contributed by atoms with Crippen LogP contribution in [0.1, 0.15) is 18.9 Å². The highest BCUT2D eigenvalue weighted by molar-refractivity contribution is 9.10. The van der Waals surface area contributed by atoms with Gasteiger partial charge < -0.3 is 10.1 Å². The molecule has 2 aromatic rings. The maximum absolute atomic E-state index is 13.5. The average molecular weight is 340 g/mol. The van der Waals surface area contributed by atoms with E-state index in [2.05, 4.69) is 38.1 Å². The third-order valence-corrected chi connectivity index (χ3v) is 3.34. The molecule has 106 valence electrons. The number of hydrogen-bond acceptors (Lipinski definition) is 4. The summed E-state index contributed by atoms with van der Waals surface area (Å²) in [6.45, 7) is 3.00. The van der Waals surface area contributed by atoms with Crippen LogP contribution in [-0.2, 0) is 6.61 Å². The lowest BCUT2D eigenvalue weighted by Crippen LogP contribution is -2.06. The third-order valence-electron chi connectivity index (χ3n) is 2.62. The molecule has 0 spiro atoms. The van der Waals surface area contributed by atoms with Gasteiger partial charge in [0, 0.05) is 12.1 Å². The van der Waals surface area contributed by atoms with Gasteiger partial charge in [-0.1, -0.05) is 25.1 Å². The zero-order chi connectivity index (χ0) is 14.4. The summed E-state index contributed by atoms with van der Waals surface area (Å²) < 4.78 is 19.7. The second-order valence-corrected chi connectivity index (χ2v) is 4.94. The molecule has 0 bridgehead atoms. The zero-order valence-corrected chi connectivity index (χ0v) is 12.7. The summed E-state index contributed by atoms with van der Waals surface area (Å²) in [6.07, 6.45) is 2.40. The molecule has 4 nitrogen and oxygen atoms in total. The molecule has 0 aliphatic carbocycles. The van der Waals surface area contributed by atoms with Gasteiger partial charge in [0.15, 0.2) is 0 Å². The number of benzene rings is 1. The van der Waals surface area contributed by atoms with E-state index in [4.69, 9.17) is 4.74 Å². The van der Waals surface area contributed by atoms with Crippen LogP contribution in [0.3, 0.4) is 0 Å². The van der Waals surface area contributed by atoms with Gasteiger partial charge in [0.25, 0.3) is 0 Å². The minimum Gasteiger partial charge on any atom is -0.472 e. The molecule has 0 atom stereocenters. The van der Waals surface area contributed by atoms with Gasteiger partial charge >= 0.3 is 0 Å². The molecule has 0 aliphatic heterocycles. The summed E-state index contributed by atoms with van der Waals surface area (Å²) in [5.74, 6) is 0.772. The van der Waals surface area contributed by atoms with Gasteiger partial charge in [0.2, 0.25) is 5.88 Å². The Kier molecular flexibility index (Phi) is 5.29. The van der Waals surface area contributed by atoms with Gasteiger partial charge in [-0.15, -0.1) is 0 Å². The molecule has 1 N–H and O–H groups in total. The molecule has 6 heteroatoms. The highest BCUT2D eigenvalue weighted by Gasteiger charge is 2.10. The Morgan fingerprint density at radius 1 is 1.30 bits per heavy atom. The fourth-order valence-electron chi connectivity index (χ4n) is 1.58. The first kappa shape index (κ1) is 14.7. The van der Waals surface area contributed by atoms with Crippen LogP contribution in [0.25, 0.3) is 0 Å². The molecule has 1 heterocycles. The van der Waals surface area contributed by atoms with Crippen molar-refractivity contribution in [1.29, 1.82) is 0 Å².